The Morgan fingerprint density at radius 2 is 1.38 bits per heavy atom. The number of benzene rings is 2. The molecule has 0 bridgehead atoms. The normalized spacial score (nSPS) is 13.3. The molecule has 0 atom stereocenters. The molecule has 5 nitrogen and oxygen atoms in total. The lowest BCUT2D eigenvalue weighted by Gasteiger charge is -2.12. The molecule has 1 aliphatic rings. The molecule has 0 radical (unpaired) electrons. The van der Waals surface area contributed by atoms with E-state index in [1.54, 1.807) is 60.7 Å². The molecule has 0 aliphatic carbocycles. The van der Waals surface area contributed by atoms with Gasteiger partial charge in [0.1, 0.15) is 0 Å². The first-order chi connectivity index (χ1) is 11.7. The summed E-state index contributed by atoms with van der Waals surface area (Å²) in [6.07, 6.45) is 1.35. The Balaban J connectivity index is 2.01. The van der Waals surface area contributed by atoms with Crippen LogP contribution in [-0.2, 0) is 0 Å². The summed E-state index contributed by atoms with van der Waals surface area (Å²) in [7, 11) is 0. The third-order valence-electron chi connectivity index (χ3n) is 3.74. The number of ketones is 2. The molecule has 0 unspecified atom stereocenters. The monoisotopic (exact) mass is 320 g/mol. The number of hydrogen-bond acceptors (Lipinski definition) is 3. The molecule has 2 aromatic carbocycles. The standard InChI is InChI=1S/C19H16N2O3/c22-17(14-7-3-1-4-8-14)16(13-21-12-11-20-19(21)24)18(23)15-9-5-2-6-10-15/h1-10,13H,11-12H2,(H,20,24). The molecule has 1 fully saturated rings. The Morgan fingerprint density at radius 3 is 1.79 bits per heavy atom. The van der Waals surface area contributed by atoms with E-state index in [2.05, 4.69) is 5.32 Å². The van der Waals surface area contributed by atoms with Crippen LogP contribution >= 0.6 is 0 Å². The first kappa shape index (κ1) is 15.7. The van der Waals surface area contributed by atoms with Crippen molar-refractivity contribution in [3.05, 3.63) is 83.6 Å². The zero-order valence-corrected chi connectivity index (χ0v) is 12.9. The van der Waals surface area contributed by atoms with Gasteiger partial charge >= 0.3 is 6.03 Å². The van der Waals surface area contributed by atoms with Crippen LogP contribution in [0.2, 0.25) is 0 Å². The third kappa shape index (κ3) is 3.25. The van der Waals surface area contributed by atoms with Gasteiger partial charge in [0.2, 0.25) is 0 Å². The van der Waals surface area contributed by atoms with Crippen LogP contribution in [0.5, 0.6) is 0 Å². The van der Waals surface area contributed by atoms with Crippen molar-refractivity contribution in [3.63, 3.8) is 0 Å². The minimum atomic E-state index is -0.399. The van der Waals surface area contributed by atoms with Crippen molar-refractivity contribution in [1.82, 2.24) is 10.2 Å². The summed E-state index contributed by atoms with van der Waals surface area (Å²) in [5.74, 6) is -0.798. The van der Waals surface area contributed by atoms with E-state index in [4.69, 9.17) is 0 Å². The highest BCUT2D eigenvalue weighted by atomic mass is 16.2. The molecule has 24 heavy (non-hydrogen) atoms. The van der Waals surface area contributed by atoms with Gasteiger partial charge in [0.15, 0.2) is 11.6 Å². The molecule has 0 saturated carbocycles. The van der Waals surface area contributed by atoms with Gasteiger partial charge in [0.05, 0.1) is 5.57 Å². The topological polar surface area (TPSA) is 66.5 Å². The Morgan fingerprint density at radius 1 is 0.875 bits per heavy atom. The summed E-state index contributed by atoms with van der Waals surface area (Å²) in [6, 6.07) is 16.8. The van der Waals surface area contributed by atoms with Gasteiger partial charge in [-0.15, -0.1) is 0 Å². The maximum absolute atomic E-state index is 12.8. The minimum Gasteiger partial charge on any atom is -0.336 e. The first-order valence-electron chi connectivity index (χ1n) is 7.62. The first-order valence-corrected chi connectivity index (χ1v) is 7.62. The molecule has 2 aromatic rings. The molecular weight excluding hydrogens is 304 g/mol. The maximum Gasteiger partial charge on any atom is 0.321 e. The number of urea groups is 1. The molecule has 1 N–H and O–H groups in total. The maximum atomic E-state index is 12.8. The molecule has 1 aliphatic heterocycles. The summed E-state index contributed by atoms with van der Waals surface area (Å²) in [5.41, 5.74) is 0.796. The van der Waals surface area contributed by atoms with E-state index in [0.717, 1.165) is 0 Å². The average molecular weight is 320 g/mol. The van der Waals surface area contributed by atoms with Crippen LogP contribution in [0.3, 0.4) is 0 Å². The van der Waals surface area contributed by atoms with E-state index in [0.29, 0.717) is 24.2 Å². The number of carbonyl (C=O) groups excluding carboxylic acids is 3. The highest BCUT2D eigenvalue weighted by molar-refractivity contribution is 6.30. The highest BCUT2D eigenvalue weighted by Crippen LogP contribution is 2.16. The lowest BCUT2D eigenvalue weighted by atomic mass is 9.96. The van der Waals surface area contributed by atoms with E-state index in [-0.39, 0.29) is 11.6 Å². The van der Waals surface area contributed by atoms with Crippen LogP contribution in [0.4, 0.5) is 4.79 Å². The lowest BCUT2D eigenvalue weighted by molar-refractivity contribution is 0.0960. The second kappa shape index (κ2) is 6.91. The second-order valence-corrected chi connectivity index (χ2v) is 5.36. The molecular formula is C19H16N2O3. The van der Waals surface area contributed by atoms with Gasteiger partial charge < -0.3 is 5.32 Å². The Labute approximate surface area is 139 Å². The smallest absolute Gasteiger partial charge is 0.321 e. The van der Waals surface area contributed by atoms with E-state index in [9.17, 15) is 14.4 Å². The minimum absolute atomic E-state index is 0.0237. The van der Waals surface area contributed by atoms with Crippen LogP contribution in [0.1, 0.15) is 20.7 Å². The van der Waals surface area contributed by atoms with Crippen molar-refractivity contribution >= 4 is 17.6 Å². The Hall–Kier alpha value is -3.21. The number of allylic oxidation sites excluding steroid dienone is 1. The van der Waals surface area contributed by atoms with Crippen LogP contribution in [0.15, 0.2) is 72.4 Å². The van der Waals surface area contributed by atoms with E-state index >= 15 is 0 Å². The quantitative estimate of drug-likeness (QED) is 0.399. The van der Waals surface area contributed by atoms with Gasteiger partial charge in [-0.25, -0.2) is 4.79 Å². The van der Waals surface area contributed by atoms with Gasteiger partial charge in [-0.05, 0) is 0 Å². The Bertz CT molecular complexity index is 744. The van der Waals surface area contributed by atoms with Crippen molar-refractivity contribution in [2.24, 2.45) is 0 Å². The average Bonchev–Trinajstić information content (AvgIpc) is 3.05. The molecule has 0 spiro atoms. The van der Waals surface area contributed by atoms with E-state index in [1.165, 1.54) is 11.1 Å². The SMILES string of the molecule is O=C(C(=CN1CCNC1=O)C(=O)c1ccccc1)c1ccccc1. The summed E-state index contributed by atoms with van der Waals surface area (Å²) in [4.78, 5) is 38.7. The molecule has 120 valence electrons. The van der Waals surface area contributed by atoms with Crippen LogP contribution in [0.25, 0.3) is 0 Å². The fourth-order valence-electron chi connectivity index (χ4n) is 2.48. The highest BCUT2D eigenvalue weighted by Gasteiger charge is 2.25. The van der Waals surface area contributed by atoms with Crippen LogP contribution < -0.4 is 5.32 Å². The number of hydrogen-bond donors (Lipinski definition) is 1. The van der Waals surface area contributed by atoms with Gasteiger partial charge in [0, 0.05) is 30.4 Å². The molecule has 1 saturated heterocycles. The van der Waals surface area contributed by atoms with Crippen molar-refractivity contribution in [2.45, 2.75) is 0 Å². The molecule has 2 amide bonds. The molecule has 3 rings (SSSR count). The van der Waals surface area contributed by atoms with Gasteiger partial charge in [0.25, 0.3) is 0 Å². The zero-order chi connectivity index (χ0) is 16.9. The van der Waals surface area contributed by atoms with Gasteiger partial charge in [-0.2, -0.15) is 0 Å². The summed E-state index contributed by atoms with van der Waals surface area (Å²) in [5, 5.41) is 2.65. The summed E-state index contributed by atoms with van der Waals surface area (Å²) < 4.78 is 0. The van der Waals surface area contributed by atoms with Crippen molar-refractivity contribution in [3.8, 4) is 0 Å². The van der Waals surface area contributed by atoms with E-state index in [1.807, 2.05) is 0 Å². The van der Waals surface area contributed by atoms with Gasteiger partial charge in [-0.3, -0.25) is 14.5 Å². The fraction of sp³-hybridized carbons (Fsp3) is 0.105. The third-order valence-corrected chi connectivity index (χ3v) is 3.74. The van der Waals surface area contributed by atoms with Crippen LogP contribution in [-0.4, -0.2) is 35.6 Å². The predicted octanol–water partition coefficient (Wildman–Crippen LogP) is 2.66. The number of carbonyl (C=O) groups is 3. The number of Topliss-reactive ketones (excluding diaryl/α,β-unsaturated/α-hetero) is 2. The van der Waals surface area contributed by atoms with Crippen molar-refractivity contribution < 1.29 is 14.4 Å². The summed E-state index contributed by atoms with van der Waals surface area (Å²) >= 11 is 0. The van der Waals surface area contributed by atoms with E-state index < -0.39 is 11.6 Å². The van der Waals surface area contributed by atoms with Crippen LogP contribution in [0, 0.1) is 0 Å². The number of amides is 2. The largest absolute Gasteiger partial charge is 0.336 e. The van der Waals surface area contributed by atoms with Crippen molar-refractivity contribution in [1.29, 1.82) is 0 Å². The van der Waals surface area contributed by atoms with Crippen molar-refractivity contribution in [2.75, 3.05) is 13.1 Å². The molecule has 0 aromatic heterocycles. The molecule has 5 heteroatoms. The predicted molar refractivity (Wildman–Crippen MR) is 89.7 cm³/mol. The zero-order valence-electron chi connectivity index (χ0n) is 12.9. The Kier molecular flexibility index (Phi) is 4.52. The summed E-state index contributed by atoms with van der Waals surface area (Å²) in [6.45, 7) is 0.911. The molecule has 1 heterocycles. The lowest BCUT2D eigenvalue weighted by Crippen LogP contribution is -2.26. The second-order valence-electron chi connectivity index (χ2n) is 5.36. The van der Waals surface area contributed by atoms with Gasteiger partial charge in [-0.1, -0.05) is 60.7 Å². The number of nitrogens with zero attached hydrogens (tertiary/aromatic N) is 1. The number of rotatable bonds is 5. The number of nitrogens with one attached hydrogen (secondary N) is 1. The fourth-order valence-corrected chi connectivity index (χ4v) is 2.48.